The fourth-order valence-corrected chi connectivity index (χ4v) is 2.68. The number of nitrogens with two attached hydrogens (primary N) is 1. The molecule has 3 rings (SSSR count). The molecule has 1 aliphatic heterocycles. The van der Waals surface area contributed by atoms with E-state index in [1.807, 2.05) is 24.3 Å². The van der Waals surface area contributed by atoms with E-state index in [2.05, 4.69) is 37.9 Å². The molecule has 2 unspecified atom stereocenters. The first-order valence-corrected chi connectivity index (χ1v) is 6.77. The maximum atomic E-state index is 11.8. The molecule has 6 nitrogen and oxygen atoms in total. The van der Waals surface area contributed by atoms with Crippen molar-refractivity contribution in [1.82, 2.24) is 14.8 Å². The van der Waals surface area contributed by atoms with Crippen molar-refractivity contribution in [1.29, 1.82) is 0 Å². The summed E-state index contributed by atoms with van der Waals surface area (Å²) in [7, 11) is 0. The summed E-state index contributed by atoms with van der Waals surface area (Å²) in [4.78, 5) is 15.9. The first-order chi connectivity index (χ1) is 9.58. The van der Waals surface area contributed by atoms with Crippen molar-refractivity contribution in [2.75, 3.05) is 5.32 Å². The highest BCUT2D eigenvalue weighted by Crippen LogP contribution is 2.36. The van der Waals surface area contributed by atoms with Gasteiger partial charge >= 0.3 is 0 Å². The summed E-state index contributed by atoms with van der Waals surface area (Å²) < 4.78 is 2.62. The lowest BCUT2D eigenvalue weighted by Crippen LogP contribution is -2.40. The lowest BCUT2D eigenvalue weighted by Gasteiger charge is -2.32. The average Bonchev–Trinajstić information content (AvgIpc) is 2.85. The van der Waals surface area contributed by atoms with Crippen molar-refractivity contribution in [3.63, 3.8) is 0 Å². The number of anilines is 1. The normalized spacial score (nSPS) is 21.1. The number of fused-ring (bicyclic) bond motifs is 1. The van der Waals surface area contributed by atoms with E-state index in [4.69, 9.17) is 5.73 Å². The number of rotatable bonds is 2. The first-order valence-electron chi connectivity index (χ1n) is 5.98. The number of aromatic nitrogens is 3. The summed E-state index contributed by atoms with van der Waals surface area (Å²) in [5.74, 6) is -0.470. The van der Waals surface area contributed by atoms with Gasteiger partial charge in [0.15, 0.2) is 0 Å². The summed E-state index contributed by atoms with van der Waals surface area (Å²) in [6, 6.07) is 7.33. The predicted octanol–water partition coefficient (Wildman–Crippen LogP) is 1.67. The third-order valence-corrected chi connectivity index (χ3v) is 3.85. The van der Waals surface area contributed by atoms with Crippen LogP contribution < -0.4 is 11.1 Å². The minimum Gasteiger partial charge on any atom is -0.369 e. The summed E-state index contributed by atoms with van der Waals surface area (Å²) in [5.41, 5.74) is 6.99. The Bertz CT molecular complexity index is 678. The van der Waals surface area contributed by atoms with Gasteiger partial charge in [0.1, 0.15) is 12.2 Å². The number of benzene rings is 1. The number of halogens is 1. The van der Waals surface area contributed by atoms with E-state index in [1.54, 1.807) is 4.68 Å². The summed E-state index contributed by atoms with van der Waals surface area (Å²) in [5, 5.41) is 7.15. The molecule has 2 aromatic rings. The molecule has 3 N–H and O–H groups in total. The van der Waals surface area contributed by atoms with Crippen LogP contribution in [0.15, 0.2) is 47.3 Å². The molecule has 20 heavy (non-hydrogen) atoms. The zero-order chi connectivity index (χ0) is 14.3. The Kier molecular flexibility index (Phi) is 3.06. The monoisotopic (exact) mass is 333 g/mol. The second-order valence-corrected chi connectivity index (χ2v) is 5.47. The summed E-state index contributed by atoms with van der Waals surface area (Å²) in [6.07, 6.45) is 1.44. The van der Waals surface area contributed by atoms with Crippen LogP contribution in [0, 0.1) is 5.92 Å². The van der Waals surface area contributed by atoms with Crippen LogP contribution in [0.2, 0.25) is 0 Å². The Morgan fingerprint density at radius 2 is 2.10 bits per heavy atom. The maximum absolute atomic E-state index is 11.8. The number of primary amides is 1. The smallest absolute Gasteiger partial charge is 0.229 e. The lowest BCUT2D eigenvalue weighted by molar-refractivity contribution is -0.121. The number of hydrogen-bond donors (Lipinski definition) is 2. The number of carbonyl (C=O) groups excluding carboxylic acids is 1. The van der Waals surface area contributed by atoms with Crippen molar-refractivity contribution >= 4 is 27.8 Å². The molecule has 102 valence electrons. The number of carbonyl (C=O) groups is 1. The zero-order valence-corrected chi connectivity index (χ0v) is 12.0. The Morgan fingerprint density at radius 3 is 2.75 bits per heavy atom. The lowest BCUT2D eigenvalue weighted by atomic mass is 9.89. The highest BCUT2D eigenvalue weighted by atomic mass is 79.9. The van der Waals surface area contributed by atoms with Crippen LogP contribution in [-0.2, 0) is 4.79 Å². The number of nitrogens with one attached hydrogen (secondary N) is 1. The standard InChI is InChI=1S/C13H12BrN5O/c1-7-10(12(15)20)11(8-2-4-9(14)5-3-8)19-13(18-7)16-6-17-19/h2-6,10-11H,1H2,(H2,15,20)(H,16,17,18). The van der Waals surface area contributed by atoms with Gasteiger partial charge in [0.2, 0.25) is 11.9 Å². The topological polar surface area (TPSA) is 85.8 Å². The van der Waals surface area contributed by atoms with Gasteiger partial charge in [-0.1, -0.05) is 34.6 Å². The largest absolute Gasteiger partial charge is 0.369 e. The average molecular weight is 334 g/mol. The first kappa shape index (κ1) is 12.9. The van der Waals surface area contributed by atoms with Gasteiger partial charge in [0.05, 0.1) is 6.04 Å². The van der Waals surface area contributed by atoms with Gasteiger partial charge in [-0.3, -0.25) is 4.79 Å². The zero-order valence-electron chi connectivity index (χ0n) is 10.5. The molecule has 1 amide bonds. The Labute approximate surface area is 123 Å². The molecule has 0 aliphatic carbocycles. The summed E-state index contributed by atoms with van der Waals surface area (Å²) >= 11 is 3.39. The second-order valence-electron chi connectivity index (χ2n) is 4.55. The fraction of sp³-hybridized carbons (Fsp3) is 0.154. The Hall–Kier alpha value is -2.15. The Morgan fingerprint density at radius 1 is 1.40 bits per heavy atom. The number of hydrogen-bond acceptors (Lipinski definition) is 4. The van der Waals surface area contributed by atoms with E-state index in [0.29, 0.717) is 11.6 Å². The highest BCUT2D eigenvalue weighted by Gasteiger charge is 2.38. The second kappa shape index (κ2) is 4.75. The maximum Gasteiger partial charge on any atom is 0.229 e. The molecule has 1 aliphatic rings. The van der Waals surface area contributed by atoms with Crippen molar-refractivity contribution in [2.24, 2.45) is 11.7 Å². The third-order valence-electron chi connectivity index (χ3n) is 3.32. The van der Waals surface area contributed by atoms with Gasteiger partial charge < -0.3 is 11.1 Å². The number of amides is 1. The van der Waals surface area contributed by atoms with Crippen LogP contribution in [0.1, 0.15) is 11.6 Å². The number of nitrogens with zero attached hydrogens (tertiary/aromatic N) is 3. The van der Waals surface area contributed by atoms with Crippen LogP contribution in [0.25, 0.3) is 0 Å². The van der Waals surface area contributed by atoms with Gasteiger partial charge in [-0.05, 0) is 17.7 Å². The van der Waals surface area contributed by atoms with E-state index < -0.39 is 11.8 Å². The molecular weight excluding hydrogens is 322 g/mol. The van der Waals surface area contributed by atoms with Crippen molar-refractivity contribution in [3.8, 4) is 0 Å². The highest BCUT2D eigenvalue weighted by molar-refractivity contribution is 9.10. The van der Waals surface area contributed by atoms with Crippen LogP contribution >= 0.6 is 15.9 Å². The van der Waals surface area contributed by atoms with E-state index in [-0.39, 0.29) is 6.04 Å². The predicted molar refractivity (Wildman–Crippen MR) is 77.8 cm³/mol. The Balaban J connectivity index is 2.15. The molecule has 2 heterocycles. The SMILES string of the molecule is C=C1Nc2ncnn2C(c2ccc(Br)cc2)C1C(N)=O. The molecule has 2 atom stereocenters. The molecule has 1 aromatic carbocycles. The molecule has 1 aromatic heterocycles. The van der Waals surface area contributed by atoms with Crippen LogP contribution in [-0.4, -0.2) is 20.7 Å². The van der Waals surface area contributed by atoms with Gasteiger partial charge in [-0.2, -0.15) is 10.1 Å². The molecule has 0 saturated carbocycles. The van der Waals surface area contributed by atoms with E-state index >= 15 is 0 Å². The molecule has 0 saturated heterocycles. The minimum atomic E-state index is -0.578. The molecule has 0 fully saturated rings. The van der Waals surface area contributed by atoms with Crippen molar-refractivity contribution < 1.29 is 4.79 Å². The van der Waals surface area contributed by atoms with Gasteiger partial charge in [0, 0.05) is 10.2 Å². The summed E-state index contributed by atoms with van der Waals surface area (Å²) in [6.45, 7) is 3.89. The third kappa shape index (κ3) is 2.00. The van der Waals surface area contributed by atoms with Gasteiger partial charge in [-0.25, -0.2) is 4.68 Å². The minimum absolute atomic E-state index is 0.341. The van der Waals surface area contributed by atoms with E-state index in [0.717, 1.165) is 10.0 Å². The molecule has 0 radical (unpaired) electrons. The van der Waals surface area contributed by atoms with E-state index in [1.165, 1.54) is 6.33 Å². The van der Waals surface area contributed by atoms with Crippen LogP contribution in [0.3, 0.4) is 0 Å². The van der Waals surface area contributed by atoms with Gasteiger partial charge in [-0.15, -0.1) is 0 Å². The molecule has 0 bridgehead atoms. The van der Waals surface area contributed by atoms with Crippen LogP contribution in [0.5, 0.6) is 0 Å². The molecule has 0 spiro atoms. The molecule has 7 heteroatoms. The quantitative estimate of drug-likeness (QED) is 0.875. The van der Waals surface area contributed by atoms with E-state index in [9.17, 15) is 4.79 Å². The molecular formula is C13H12BrN5O. The van der Waals surface area contributed by atoms with Crippen molar-refractivity contribution in [2.45, 2.75) is 6.04 Å². The fourth-order valence-electron chi connectivity index (χ4n) is 2.42. The van der Waals surface area contributed by atoms with Crippen molar-refractivity contribution in [3.05, 3.63) is 52.9 Å². The van der Waals surface area contributed by atoms with Gasteiger partial charge in [0.25, 0.3) is 0 Å². The van der Waals surface area contributed by atoms with Crippen LogP contribution in [0.4, 0.5) is 5.95 Å².